The highest BCUT2D eigenvalue weighted by Gasteiger charge is 2.14. The van der Waals surface area contributed by atoms with Gasteiger partial charge in [-0.3, -0.25) is 9.36 Å². The van der Waals surface area contributed by atoms with Crippen molar-refractivity contribution >= 4 is 5.91 Å². The van der Waals surface area contributed by atoms with Gasteiger partial charge in [0.05, 0.1) is 6.20 Å². The van der Waals surface area contributed by atoms with Crippen LogP contribution in [0.4, 0.5) is 0 Å². The molecule has 2 aromatic carbocycles. The third kappa shape index (κ3) is 3.32. The molecule has 0 saturated carbocycles. The Morgan fingerprint density at radius 2 is 1.88 bits per heavy atom. The topological polar surface area (TPSA) is 82.7 Å². The lowest BCUT2D eigenvalue weighted by Gasteiger charge is -2.06. The second-order valence-corrected chi connectivity index (χ2v) is 5.82. The van der Waals surface area contributed by atoms with Crippen molar-refractivity contribution in [2.45, 2.75) is 13.1 Å². The molecule has 0 saturated heterocycles. The maximum Gasteiger partial charge on any atom is 0.419 e. The van der Waals surface area contributed by atoms with Crippen LogP contribution in [-0.2, 0) is 17.9 Å². The van der Waals surface area contributed by atoms with E-state index in [4.69, 9.17) is 13.9 Å². The summed E-state index contributed by atoms with van der Waals surface area (Å²) in [6.07, 6.45) is 1.54. The number of carbonyl (C=O) groups is 1. The van der Waals surface area contributed by atoms with Crippen LogP contribution < -0.4 is 20.5 Å². The van der Waals surface area contributed by atoms with E-state index in [0.29, 0.717) is 23.8 Å². The second kappa shape index (κ2) is 6.79. The van der Waals surface area contributed by atoms with Crippen molar-refractivity contribution in [3.05, 3.63) is 70.8 Å². The molecule has 1 N–H and O–H groups in total. The van der Waals surface area contributed by atoms with Crippen molar-refractivity contribution in [2.75, 3.05) is 6.79 Å². The van der Waals surface area contributed by atoms with E-state index in [2.05, 4.69) is 5.32 Å². The largest absolute Gasteiger partial charge is 0.454 e. The molecule has 0 atom stereocenters. The Balaban J connectivity index is 1.39. The SMILES string of the molecule is O=C(Cn1cc(-c2ccccc2)oc1=O)NCc1ccc2c(c1)OCO2. The molecule has 1 aliphatic rings. The summed E-state index contributed by atoms with van der Waals surface area (Å²) < 4.78 is 17.0. The Bertz CT molecular complexity index is 991. The van der Waals surface area contributed by atoms with E-state index in [0.717, 1.165) is 11.1 Å². The zero-order valence-electron chi connectivity index (χ0n) is 13.8. The average Bonchev–Trinajstić information content (AvgIpc) is 3.27. The number of hydrogen-bond acceptors (Lipinski definition) is 5. The van der Waals surface area contributed by atoms with Gasteiger partial charge in [0.15, 0.2) is 17.3 Å². The van der Waals surface area contributed by atoms with Crippen molar-refractivity contribution < 1.29 is 18.7 Å². The van der Waals surface area contributed by atoms with E-state index >= 15 is 0 Å². The lowest BCUT2D eigenvalue weighted by Crippen LogP contribution is -2.30. The predicted molar refractivity (Wildman–Crippen MR) is 92.8 cm³/mol. The fraction of sp³-hybridized carbons (Fsp3) is 0.158. The number of carbonyl (C=O) groups excluding carboxylic acids is 1. The Labute approximate surface area is 148 Å². The summed E-state index contributed by atoms with van der Waals surface area (Å²) in [4.78, 5) is 24.1. The number of nitrogens with one attached hydrogen (secondary N) is 1. The van der Waals surface area contributed by atoms with E-state index in [1.165, 1.54) is 10.8 Å². The molecule has 7 nitrogen and oxygen atoms in total. The number of amides is 1. The maximum absolute atomic E-state index is 12.1. The van der Waals surface area contributed by atoms with Gasteiger partial charge in [-0.1, -0.05) is 36.4 Å². The van der Waals surface area contributed by atoms with Gasteiger partial charge in [0, 0.05) is 12.1 Å². The monoisotopic (exact) mass is 352 g/mol. The third-order valence-electron chi connectivity index (χ3n) is 4.00. The number of oxazole rings is 1. The van der Waals surface area contributed by atoms with Crippen LogP contribution in [0, 0.1) is 0 Å². The van der Waals surface area contributed by atoms with Gasteiger partial charge in [0.25, 0.3) is 0 Å². The van der Waals surface area contributed by atoms with Crippen LogP contribution in [0.5, 0.6) is 11.5 Å². The lowest BCUT2D eigenvalue weighted by atomic mass is 10.2. The summed E-state index contributed by atoms with van der Waals surface area (Å²) in [6.45, 7) is 0.422. The second-order valence-electron chi connectivity index (χ2n) is 5.82. The minimum absolute atomic E-state index is 0.111. The Kier molecular flexibility index (Phi) is 4.18. The van der Waals surface area contributed by atoms with Crippen molar-refractivity contribution in [2.24, 2.45) is 0 Å². The zero-order valence-corrected chi connectivity index (χ0v) is 13.8. The highest BCUT2D eigenvalue weighted by molar-refractivity contribution is 5.75. The fourth-order valence-electron chi connectivity index (χ4n) is 2.68. The summed E-state index contributed by atoms with van der Waals surface area (Å²) in [5, 5.41) is 2.78. The molecule has 1 aliphatic heterocycles. The molecule has 3 aromatic rings. The molecule has 4 rings (SSSR count). The van der Waals surface area contributed by atoms with Gasteiger partial charge in [-0.25, -0.2) is 4.79 Å². The van der Waals surface area contributed by atoms with Crippen molar-refractivity contribution in [1.82, 2.24) is 9.88 Å². The first-order chi connectivity index (χ1) is 12.7. The fourth-order valence-corrected chi connectivity index (χ4v) is 2.68. The summed E-state index contributed by atoms with van der Waals surface area (Å²) in [5.74, 6) is 0.931. The van der Waals surface area contributed by atoms with Crippen LogP contribution >= 0.6 is 0 Å². The average molecular weight is 352 g/mol. The summed E-state index contributed by atoms with van der Waals surface area (Å²) in [7, 11) is 0. The number of rotatable bonds is 5. The van der Waals surface area contributed by atoms with Crippen molar-refractivity contribution in [1.29, 1.82) is 0 Å². The zero-order chi connectivity index (χ0) is 17.9. The van der Waals surface area contributed by atoms with E-state index in [9.17, 15) is 9.59 Å². The quantitative estimate of drug-likeness (QED) is 0.761. The summed E-state index contributed by atoms with van der Waals surface area (Å²) in [5.41, 5.74) is 1.66. The van der Waals surface area contributed by atoms with Crippen LogP contribution in [0.2, 0.25) is 0 Å². The van der Waals surface area contributed by atoms with Gasteiger partial charge in [-0.15, -0.1) is 0 Å². The van der Waals surface area contributed by atoms with E-state index in [-0.39, 0.29) is 19.2 Å². The normalized spacial score (nSPS) is 12.2. The molecule has 0 fully saturated rings. The van der Waals surface area contributed by atoms with Gasteiger partial charge in [0.2, 0.25) is 12.7 Å². The van der Waals surface area contributed by atoms with Crippen molar-refractivity contribution in [3.8, 4) is 22.8 Å². The highest BCUT2D eigenvalue weighted by Crippen LogP contribution is 2.32. The highest BCUT2D eigenvalue weighted by atomic mass is 16.7. The molecular formula is C19H16N2O5. The number of aromatic nitrogens is 1. The Hall–Kier alpha value is -3.48. The minimum Gasteiger partial charge on any atom is -0.454 e. The molecule has 0 spiro atoms. The van der Waals surface area contributed by atoms with E-state index < -0.39 is 5.76 Å². The van der Waals surface area contributed by atoms with E-state index in [1.807, 2.05) is 42.5 Å². The van der Waals surface area contributed by atoms with Crippen LogP contribution in [-0.4, -0.2) is 17.3 Å². The lowest BCUT2D eigenvalue weighted by molar-refractivity contribution is -0.121. The molecule has 0 aliphatic carbocycles. The number of benzene rings is 2. The van der Waals surface area contributed by atoms with Gasteiger partial charge in [-0.05, 0) is 17.7 Å². The number of fused-ring (bicyclic) bond motifs is 1. The van der Waals surface area contributed by atoms with Crippen LogP contribution in [0.25, 0.3) is 11.3 Å². The molecule has 132 valence electrons. The molecule has 0 radical (unpaired) electrons. The molecule has 0 unspecified atom stereocenters. The maximum atomic E-state index is 12.1. The van der Waals surface area contributed by atoms with Gasteiger partial charge < -0.3 is 19.2 Å². The Morgan fingerprint density at radius 1 is 1.08 bits per heavy atom. The van der Waals surface area contributed by atoms with Gasteiger partial charge in [0.1, 0.15) is 6.54 Å². The Morgan fingerprint density at radius 3 is 2.73 bits per heavy atom. The number of ether oxygens (including phenoxy) is 2. The van der Waals surface area contributed by atoms with Crippen LogP contribution in [0.15, 0.2) is 63.9 Å². The predicted octanol–water partition coefficient (Wildman–Crippen LogP) is 2.15. The standard InChI is InChI=1S/C19H16N2O5/c22-18(20-9-13-6-7-15-16(8-13)25-12-24-15)11-21-10-17(26-19(21)23)14-4-2-1-3-5-14/h1-8,10H,9,11-12H2,(H,20,22). The molecule has 2 heterocycles. The number of hydrogen-bond donors (Lipinski definition) is 1. The summed E-state index contributed by atoms with van der Waals surface area (Å²) in [6, 6.07) is 14.7. The summed E-state index contributed by atoms with van der Waals surface area (Å²) >= 11 is 0. The third-order valence-corrected chi connectivity index (χ3v) is 4.00. The van der Waals surface area contributed by atoms with Gasteiger partial charge in [-0.2, -0.15) is 0 Å². The molecule has 0 bridgehead atoms. The minimum atomic E-state index is -0.568. The molecule has 1 amide bonds. The van der Waals surface area contributed by atoms with E-state index in [1.54, 1.807) is 6.07 Å². The van der Waals surface area contributed by atoms with Crippen LogP contribution in [0.1, 0.15) is 5.56 Å². The smallest absolute Gasteiger partial charge is 0.419 e. The first-order valence-corrected chi connectivity index (χ1v) is 8.10. The number of nitrogens with zero attached hydrogens (tertiary/aromatic N) is 1. The molecule has 7 heteroatoms. The van der Waals surface area contributed by atoms with Crippen molar-refractivity contribution in [3.63, 3.8) is 0 Å². The molecule has 26 heavy (non-hydrogen) atoms. The van der Waals surface area contributed by atoms with Crippen LogP contribution in [0.3, 0.4) is 0 Å². The molecule has 1 aromatic heterocycles. The first kappa shape index (κ1) is 16.0. The first-order valence-electron chi connectivity index (χ1n) is 8.10. The van der Waals surface area contributed by atoms with Gasteiger partial charge >= 0.3 is 5.76 Å². The molecular weight excluding hydrogens is 336 g/mol.